The Balaban J connectivity index is 1.95. The van der Waals surface area contributed by atoms with Gasteiger partial charge in [-0.15, -0.1) is 0 Å². The standard InChI is InChI=1S/C23H29N3O3S/c1-4-6-13-29-20-12-8-10-18(15-20)22(28)26-23(30)25-19-11-7-9-17(14-19)21(27)24-16(3)5-2/h7-12,14-16H,4-6,13H2,1-3H3,(H,24,27)(H2,25,26,28,30). The fourth-order valence-electron chi connectivity index (χ4n) is 2.55. The molecule has 2 aromatic rings. The minimum absolute atomic E-state index is 0.0937. The first-order valence-electron chi connectivity index (χ1n) is 10.2. The molecule has 1 unspecified atom stereocenters. The van der Waals surface area contributed by atoms with E-state index in [4.69, 9.17) is 17.0 Å². The van der Waals surface area contributed by atoms with Crippen LogP contribution >= 0.6 is 12.2 Å². The number of thiocarbonyl (C=S) groups is 1. The van der Waals surface area contributed by atoms with E-state index in [9.17, 15) is 9.59 Å². The summed E-state index contributed by atoms with van der Waals surface area (Å²) in [5.41, 5.74) is 1.59. The van der Waals surface area contributed by atoms with Crippen LogP contribution in [0, 0.1) is 0 Å². The lowest BCUT2D eigenvalue weighted by Gasteiger charge is -2.13. The van der Waals surface area contributed by atoms with Gasteiger partial charge in [-0.25, -0.2) is 0 Å². The van der Waals surface area contributed by atoms with Crippen molar-refractivity contribution in [1.29, 1.82) is 0 Å². The highest BCUT2D eigenvalue weighted by Crippen LogP contribution is 2.14. The van der Waals surface area contributed by atoms with Crippen LogP contribution in [0.3, 0.4) is 0 Å². The molecule has 0 aromatic heterocycles. The summed E-state index contributed by atoms with van der Waals surface area (Å²) < 4.78 is 5.64. The van der Waals surface area contributed by atoms with Crippen LogP contribution in [0.4, 0.5) is 5.69 Å². The van der Waals surface area contributed by atoms with Crippen molar-refractivity contribution >= 4 is 34.8 Å². The molecular formula is C23H29N3O3S. The minimum atomic E-state index is -0.334. The third kappa shape index (κ3) is 7.48. The molecule has 6 nitrogen and oxygen atoms in total. The average Bonchev–Trinajstić information content (AvgIpc) is 2.74. The number of rotatable bonds is 9. The van der Waals surface area contributed by atoms with E-state index < -0.39 is 0 Å². The predicted octanol–water partition coefficient (Wildman–Crippen LogP) is 4.52. The van der Waals surface area contributed by atoms with Gasteiger partial charge in [-0.1, -0.05) is 32.4 Å². The molecule has 0 radical (unpaired) electrons. The minimum Gasteiger partial charge on any atom is -0.494 e. The maximum Gasteiger partial charge on any atom is 0.257 e. The van der Waals surface area contributed by atoms with Crippen LogP contribution in [0.5, 0.6) is 5.75 Å². The summed E-state index contributed by atoms with van der Waals surface area (Å²) in [6.07, 6.45) is 2.85. The number of nitrogens with one attached hydrogen (secondary N) is 3. The predicted molar refractivity (Wildman–Crippen MR) is 124 cm³/mol. The van der Waals surface area contributed by atoms with Gasteiger partial charge in [0, 0.05) is 22.9 Å². The molecule has 0 aliphatic heterocycles. The molecule has 0 saturated heterocycles. The van der Waals surface area contributed by atoms with Crippen LogP contribution in [0.1, 0.15) is 60.7 Å². The second kappa shape index (κ2) is 11.9. The first-order chi connectivity index (χ1) is 14.4. The zero-order valence-corrected chi connectivity index (χ0v) is 18.5. The Kier molecular flexibility index (Phi) is 9.28. The summed E-state index contributed by atoms with van der Waals surface area (Å²) in [5.74, 6) is 0.164. The van der Waals surface area contributed by atoms with Crippen LogP contribution in [-0.4, -0.2) is 29.6 Å². The van der Waals surface area contributed by atoms with E-state index in [1.165, 1.54) is 0 Å². The van der Waals surface area contributed by atoms with Gasteiger partial charge in [0.1, 0.15) is 5.75 Å². The highest BCUT2D eigenvalue weighted by Gasteiger charge is 2.11. The van der Waals surface area contributed by atoms with Crippen LogP contribution in [0.2, 0.25) is 0 Å². The molecule has 0 aliphatic carbocycles. The van der Waals surface area contributed by atoms with E-state index in [0.29, 0.717) is 29.2 Å². The van der Waals surface area contributed by atoms with Crippen molar-refractivity contribution in [3.63, 3.8) is 0 Å². The van der Waals surface area contributed by atoms with Gasteiger partial charge < -0.3 is 15.4 Å². The number of anilines is 1. The summed E-state index contributed by atoms with van der Waals surface area (Å²) in [7, 11) is 0. The van der Waals surface area contributed by atoms with Crippen molar-refractivity contribution in [2.45, 2.75) is 46.1 Å². The number of benzene rings is 2. The smallest absolute Gasteiger partial charge is 0.257 e. The molecule has 2 rings (SSSR count). The van der Waals surface area contributed by atoms with Crippen molar-refractivity contribution < 1.29 is 14.3 Å². The SMILES string of the molecule is CCCCOc1cccc(C(=O)NC(=S)Nc2cccc(C(=O)NC(C)CC)c2)c1. The number of hydrogen-bond acceptors (Lipinski definition) is 4. The zero-order chi connectivity index (χ0) is 21.9. The maximum atomic E-state index is 12.5. The van der Waals surface area contributed by atoms with Gasteiger partial charge >= 0.3 is 0 Å². The molecule has 7 heteroatoms. The lowest BCUT2D eigenvalue weighted by atomic mass is 10.1. The molecule has 2 amide bonds. The van der Waals surface area contributed by atoms with Gasteiger partial charge in [-0.2, -0.15) is 0 Å². The molecule has 2 aromatic carbocycles. The van der Waals surface area contributed by atoms with Crippen LogP contribution < -0.4 is 20.7 Å². The lowest BCUT2D eigenvalue weighted by Crippen LogP contribution is -2.34. The third-order valence-corrected chi connectivity index (χ3v) is 4.67. The van der Waals surface area contributed by atoms with Gasteiger partial charge in [-0.05, 0) is 68.4 Å². The molecule has 30 heavy (non-hydrogen) atoms. The Bertz CT molecular complexity index is 886. The van der Waals surface area contributed by atoms with Gasteiger partial charge in [-0.3, -0.25) is 14.9 Å². The van der Waals surface area contributed by atoms with E-state index in [-0.39, 0.29) is 23.0 Å². The number of ether oxygens (including phenoxy) is 1. The molecule has 0 bridgehead atoms. The molecule has 160 valence electrons. The summed E-state index contributed by atoms with van der Waals surface area (Å²) in [6, 6.07) is 14.0. The second-order valence-corrected chi connectivity index (χ2v) is 7.41. The molecule has 0 fully saturated rings. The summed E-state index contributed by atoms with van der Waals surface area (Å²) in [6.45, 7) is 6.67. The summed E-state index contributed by atoms with van der Waals surface area (Å²) in [4.78, 5) is 24.8. The van der Waals surface area contributed by atoms with Crippen molar-refractivity contribution in [1.82, 2.24) is 10.6 Å². The van der Waals surface area contributed by atoms with Crippen molar-refractivity contribution in [3.8, 4) is 5.75 Å². The number of hydrogen-bond donors (Lipinski definition) is 3. The zero-order valence-electron chi connectivity index (χ0n) is 17.7. The Morgan fingerprint density at radius 3 is 2.43 bits per heavy atom. The second-order valence-electron chi connectivity index (χ2n) is 7.00. The quantitative estimate of drug-likeness (QED) is 0.405. The number of carbonyl (C=O) groups is 2. The van der Waals surface area contributed by atoms with Gasteiger partial charge in [0.05, 0.1) is 6.61 Å². The molecule has 0 saturated carbocycles. The molecule has 0 aliphatic rings. The monoisotopic (exact) mass is 427 g/mol. The largest absolute Gasteiger partial charge is 0.494 e. The van der Waals surface area contributed by atoms with E-state index >= 15 is 0 Å². The van der Waals surface area contributed by atoms with Gasteiger partial charge in [0.2, 0.25) is 0 Å². The number of carbonyl (C=O) groups excluding carboxylic acids is 2. The van der Waals surface area contributed by atoms with E-state index in [1.807, 2.05) is 19.9 Å². The lowest BCUT2D eigenvalue weighted by molar-refractivity contribution is 0.0937. The first-order valence-corrected chi connectivity index (χ1v) is 10.6. The Morgan fingerprint density at radius 1 is 1.03 bits per heavy atom. The topological polar surface area (TPSA) is 79.5 Å². The van der Waals surface area contributed by atoms with Crippen molar-refractivity contribution in [2.24, 2.45) is 0 Å². The van der Waals surface area contributed by atoms with E-state index in [1.54, 1.807) is 42.5 Å². The molecule has 3 N–H and O–H groups in total. The third-order valence-electron chi connectivity index (χ3n) is 4.46. The number of amides is 2. The van der Waals surface area contributed by atoms with Crippen molar-refractivity contribution in [3.05, 3.63) is 59.7 Å². The Morgan fingerprint density at radius 2 is 1.73 bits per heavy atom. The Hall–Kier alpha value is -2.93. The van der Waals surface area contributed by atoms with Crippen LogP contribution in [0.25, 0.3) is 0 Å². The molecular weight excluding hydrogens is 398 g/mol. The highest BCUT2D eigenvalue weighted by molar-refractivity contribution is 7.80. The maximum absolute atomic E-state index is 12.5. The highest BCUT2D eigenvalue weighted by atomic mass is 32.1. The first kappa shape index (κ1) is 23.3. The van der Waals surface area contributed by atoms with Gasteiger partial charge in [0.25, 0.3) is 11.8 Å². The fraction of sp³-hybridized carbons (Fsp3) is 0.348. The molecule has 0 heterocycles. The van der Waals surface area contributed by atoms with E-state index in [0.717, 1.165) is 19.3 Å². The summed E-state index contributed by atoms with van der Waals surface area (Å²) >= 11 is 5.25. The normalized spacial score (nSPS) is 11.3. The number of unbranched alkanes of at least 4 members (excludes halogenated alkanes) is 1. The molecule has 0 spiro atoms. The van der Waals surface area contributed by atoms with Crippen LogP contribution in [-0.2, 0) is 0 Å². The fourth-order valence-corrected chi connectivity index (χ4v) is 2.76. The molecule has 1 atom stereocenters. The Labute approximate surface area is 183 Å². The van der Waals surface area contributed by atoms with E-state index in [2.05, 4.69) is 22.9 Å². The van der Waals surface area contributed by atoms with Crippen molar-refractivity contribution in [2.75, 3.05) is 11.9 Å². The van der Waals surface area contributed by atoms with Crippen LogP contribution in [0.15, 0.2) is 48.5 Å². The average molecular weight is 428 g/mol. The van der Waals surface area contributed by atoms with Gasteiger partial charge in [0.15, 0.2) is 5.11 Å². The summed E-state index contributed by atoms with van der Waals surface area (Å²) in [5, 5.41) is 8.68.